The molecule has 0 bridgehead atoms. The molecule has 6 heteroatoms. The molecule has 0 aromatic carbocycles. The fourth-order valence-electron chi connectivity index (χ4n) is 9.15. The monoisotopic (exact) mass is 517 g/mol. The van der Waals surface area contributed by atoms with E-state index in [2.05, 4.69) is 40.7 Å². The van der Waals surface area contributed by atoms with E-state index >= 15 is 0 Å². The van der Waals surface area contributed by atoms with Crippen molar-refractivity contribution in [3.63, 3.8) is 0 Å². The van der Waals surface area contributed by atoms with Gasteiger partial charge in [0.05, 0.1) is 0 Å². The van der Waals surface area contributed by atoms with E-state index in [9.17, 15) is 9.59 Å². The molecule has 3 saturated carbocycles. The molecular weight excluding hydrogens is 466 g/mol. The van der Waals surface area contributed by atoms with Crippen molar-refractivity contribution in [2.45, 2.75) is 117 Å². The van der Waals surface area contributed by atoms with Gasteiger partial charge in [-0.15, -0.1) is 0 Å². The Morgan fingerprint density at radius 3 is 2.54 bits per heavy atom. The van der Waals surface area contributed by atoms with Crippen molar-refractivity contribution in [2.24, 2.45) is 52.1 Å². The number of nitrogens with two attached hydrogens (primary N) is 1. The first kappa shape index (κ1) is 28.4. The van der Waals surface area contributed by atoms with Crippen LogP contribution in [0, 0.1) is 46.3 Å². The van der Waals surface area contributed by atoms with Gasteiger partial charge in [0.1, 0.15) is 18.8 Å². The van der Waals surface area contributed by atoms with Gasteiger partial charge in [-0.2, -0.15) is 0 Å². The maximum absolute atomic E-state index is 12.1. The molecule has 0 heterocycles. The molecule has 6 nitrogen and oxygen atoms in total. The molecule has 0 saturated heterocycles. The van der Waals surface area contributed by atoms with Crippen LogP contribution in [0.3, 0.4) is 0 Å². The molecule has 0 aromatic heterocycles. The maximum atomic E-state index is 12.1. The van der Waals surface area contributed by atoms with Crippen LogP contribution in [0.5, 0.6) is 0 Å². The van der Waals surface area contributed by atoms with E-state index in [1.807, 2.05) is 0 Å². The van der Waals surface area contributed by atoms with Crippen molar-refractivity contribution in [1.82, 2.24) is 0 Å². The van der Waals surface area contributed by atoms with Crippen LogP contribution in [-0.2, 0) is 14.3 Å². The number of aliphatic carboxylic acids is 1. The van der Waals surface area contributed by atoms with Gasteiger partial charge in [-0.05, 0) is 91.3 Å². The summed E-state index contributed by atoms with van der Waals surface area (Å²) in [4.78, 5) is 23.0. The van der Waals surface area contributed by atoms with Crippen LogP contribution in [0.2, 0.25) is 0 Å². The smallest absolute Gasteiger partial charge is 0.480 e. The average molecular weight is 518 g/mol. The summed E-state index contributed by atoms with van der Waals surface area (Å²) >= 11 is 0. The Morgan fingerprint density at radius 2 is 1.84 bits per heavy atom. The fourth-order valence-corrected chi connectivity index (χ4v) is 9.15. The predicted molar refractivity (Wildman–Crippen MR) is 145 cm³/mol. The summed E-state index contributed by atoms with van der Waals surface area (Å²) in [5, 5.41) is 8.87. The molecule has 3 N–H and O–H groups in total. The highest BCUT2D eigenvalue weighted by atomic mass is 16.7. The lowest BCUT2D eigenvalue weighted by Crippen LogP contribution is -2.51. The fraction of sp³-hybridized carbons (Fsp3) is 0.871. The Balaban J connectivity index is 1.37. The van der Waals surface area contributed by atoms with Crippen molar-refractivity contribution >= 4 is 12.1 Å². The third kappa shape index (κ3) is 5.74. The van der Waals surface area contributed by atoms with Gasteiger partial charge in [-0.1, -0.05) is 65.5 Å². The van der Waals surface area contributed by atoms with Crippen LogP contribution in [0.25, 0.3) is 0 Å². The molecule has 3 fully saturated rings. The van der Waals surface area contributed by atoms with Gasteiger partial charge < -0.3 is 20.3 Å². The van der Waals surface area contributed by atoms with Gasteiger partial charge >= 0.3 is 12.1 Å². The van der Waals surface area contributed by atoms with Gasteiger partial charge in [0, 0.05) is 6.42 Å². The topological polar surface area (TPSA) is 98.9 Å². The van der Waals surface area contributed by atoms with Crippen LogP contribution in [0.1, 0.15) is 105 Å². The van der Waals surface area contributed by atoms with Gasteiger partial charge in [0.2, 0.25) is 0 Å². The molecule has 4 aliphatic rings. The first-order valence-corrected chi connectivity index (χ1v) is 15.0. The second-order valence-corrected chi connectivity index (χ2v) is 13.8. The standard InChI is InChI=1S/C31H51NO5/c1-19(2)7-6-8-20(3)24-11-12-25-23-10-9-21-17-22(37-29(35)36-18-27(32)28(33)34)13-15-30(21,4)26(23)14-16-31(24,25)5/h9,19-20,22-27H,6-8,10-18,32H2,1-5H3,(H,33,34). The molecule has 0 spiro atoms. The number of ether oxygens (including phenoxy) is 2. The van der Waals surface area contributed by atoms with E-state index in [0.717, 1.165) is 61.2 Å². The molecule has 4 rings (SSSR count). The number of fused-ring (bicyclic) bond motifs is 5. The molecule has 9 atom stereocenters. The highest BCUT2D eigenvalue weighted by Crippen LogP contribution is 2.67. The number of carboxylic acid groups (broad SMARTS) is 1. The molecule has 0 aliphatic heterocycles. The zero-order valence-electron chi connectivity index (χ0n) is 23.8. The number of allylic oxidation sites excluding steroid dienone is 1. The summed E-state index contributed by atoms with van der Waals surface area (Å²) in [6.07, 6.45) is 14.8. The zero-order valence-corrected chi connectivity index (χ0v) is 23.8. The Bertz CT molecular complexity index is 870. The molecule has 210 valence electrons. The minimum atomic E-state index is -1.23. The minimum Gasteiger partial charge on any atom is -0.480 e. The molecular formula is C31H51NO5. The Kier molecular flexibility index (Phi) is 8.67. The number of rotatable bonds is 9. The number of carboxylic acids is 1. The van der Waals surface area contributed by atoms with Crippen LogP contribution < -0.4 is 5.73 Å². The van der Waals surface area contributed by atoms with Crippen molar-refractivity contribution in [3.05, 3.63) is 11.6 Å². The number of hydrogen-bond acceptors (Lipinski definition) is 5. The lowest BCUT2D eigenvalue weighted by Gasteiger charge is -2.58. The Labute approximate surface area is 224 Å². The largest absolute Gasteiger partial charge is 0.508 e. The molecule has 37 heavy (non-hydrogen) atoms. The summed E-state index contributed by atoms with van der Waals surface area (Å²) in [6.45, 7) is 12.0. The van der Waals surface area contributed by atoms with Crippen LogP contribution >= 0.6 is 0 Å². The number of carbonyl (C=O) groups excluding carboxylic acids is 1. The Hall–Kier alpha value is -1.56. The predicted octanol–water partition coefficient (Wildman–Crippen LogP) is 6.96. The number of hydrogen-bond donors (Lipinski definition) is 2. The van der Waals surface area contributed by atoms with Gasteiger partial charge in [0.15, 0.2) is 0 Å². The van der Waals surface area contributed by atoms with E-state index in [0.29, 0.717) is 5.41 Å². The average Bonchev–Trinajstić information content (AvgIpc) is 3.19. The molecule has 9 unspecified atom stereocenters. The van der Waals surface area contributed by atoms with Gasteiger partial charge in [-0.25, -0.2) is 4.79 Å². The van der Waals surface area contributed by atoms with E-state index in [1.54, 1.807) is 0 Å². The second-order valence-electron chi connectivity index (χ2n) is 13.8. The highest BCUT2D eigenvalue weighted by Gasteiger charge is 2.59. The number of carbonyl (C=O) groups is 2. The zero-order chi connectivity index (χ0) is 27.0. The van der Waals surface area contributed by atoms with E-state index < -0.39 is 18.2 Å². The maximum Gasteiger partial charge on any atom is 0.508 e. The summed E-state index contributed by atoms with van der Waals surface area (Å²) in [6, 6.07) is -1.23. The molecule has 0 aromatic rings. The van der Waals surface area contributed by atoms with Gasteiger partial charge in [0.25, 0.3) is 0 Å². The Morgan fingerprint density at radius 1 is 1.08 bits per heavy atom. The van der Waals surface area contributed by atoms with Crippen LogP contribution in [0.4, 0.5) is 4.79 Å². The SMILES string of the molecule is CC(C)CCCC(C)C1CCC2C3CC=C4CC(OC(=O)OCC(N)C(=O)O)CCC4(C)C3CCC12C. The van der Waals surface area contributed by atoms with Crippen molar-refractivity contribution in [2.75, 3.05) is 6.61 Å². The summed E-state index contributed by atoms with van der Waals surface area (Å²) < 4.78 is 10.5. The van der Waals surface area contributed by atoms with E-state index in [-0.39, 0.29) is 18.1 Å². The quantitative estimate of drug-likeness (QED) is 0.253. The van der Waals surface area contributed by atoms with Crippen LogP contribution in [0.15, 0.2) is 11.6 Å². The lowest BCUT2D eigenvalue weighted by atomic mass is 9.47. The molecule has 0 amide bonds. The first-order chi connectivity index (χ1) is 17.5. The first-order valence-electron chi connectivity index (χ1n) is 15.0. The highest BCUT2D eigenvalue weighted by molar-refractivity contribution is 5.73. The summed E-state index contributed by atoms with van der Waals surface area (Å²) in [7, 11) is 0. The van der Waals surface area contributed by atoms with Crippen LogP contribution in [-0.4, -0.2) is 36.0 Å². The van der Waals surface area contributed by atoms with Crippen molar-refractivity contribution in [3.8, 4) is 0 Å². The van der Waals surface area contributed by atoms with E-state index in [4.69, 9.17) is 20.3 Å². The third-order valence-electron chi connectivity index (χ3n) is 11.2. The van der Waals surface area contributed by atoms with Crippen molar-refractivity contribution in [1.29, 1.82) is 0 Å². The third-order valence-corrected chi connectivity index (χ3v) is 11.2. The van der Waals surface area contributed by atoms with Gasteiger partial charge in [-0.3, -0.25) is 4.79 Å². The summed E-state index contributed by atoms with van der Waals surface area (Å²) in [5.74, 6) is 3.64. The van der Waals surface area contributed by atoms with Crippen molar-refractivity contribution < 1.29 is 24.2 Å². The normalized spacial score (nSPS) is 38.6. The summed E-state index contributed by atoms with van der Waals surface area (Å²) in [5.41, 5.74) is 7.57. The van der Waals surface area contributed by atoms with E-state index in [1.165, 1.54) is 50.5 Å². The lowest BCUT2D eigenvalue weighted by molar-refractivity contribution is -0.139. The second kappa shape index (κ2) is 11.3. The molecule has 4 aliphatic carbocycles. The molecule has 0 radical (unpaired) electrons. The minimum absolute atomic E-state index is 0.195.